The van der Waals surface area contributed by atoms with Crippen molar-refractivity contribution in [1.82, 2.24) is 0 Å². The minimum absolute atomic E-state index is 0.842. The molecule has 0 aliphatic carbocycles. The molecule has 0 heterocycles. The van der Waals surface area contributed by atoms with Crippen LogP contribution in [-0.4, -0.2) is 30.9 Å². The van der Waals surface area contributed by atoms with E-state index in [-0.39, 0.29) is 0 Å². The van der Waals surface area contributed by atoms with Gasteiger partial charge in [0.1, 0.15) is 0 Å². The summed E-state index contributed by atoms with van der Waals surface area (Å²) >= 11 is 0. The van der Waals surface area contributed by atoms with Gasteiger partial charge in [0.25, 0.3) is 12.3 Å². The largest absolute Gasteiger partial charge is 0.281 e. The number of hydrogen-bond donors (Lipinski definition) is 0. The highest BCUT2D eigenvalue weighted by Crippen LogP contribution is 2.32. The van der Waals surface area contributed by atoms with Crippen LogP contribution in [0.15, 0.2) is 0 Å². The normalized spacial score (nSPS) is 19.5. The summed E-state index contributed by atoms with van der Waals surface area (Å²) in [6.45, 7) is 0.842. The van der Waals surface area contributed by atoms with Gasteiger partial charge >= 0.3 is 0 Å². The van der Waals surface area contributed by atoms with Crippen molar-refractivity contribution in [2.45, 2.75) is 44.2 Å². The quantitative estimate of drug-likeness (QED) is 0.631. The molecule has 0 saturated carbocycles. The van der Waals surface area contributed by atoms with Crippen molar-refractivity contribution in [2.24, 2.45) is 0 Å². The van der Waals surface area contributed by atoms with Gasteiger partial charge in [-0.1, -0.05) is 6.92 Å². The fourth-order valence-corrected chi connectivity index (χ4v) is 0.728. The molecule has 0 N–H and O–H groups in total. The fraction of sp³-hybridized carbons (Fsp3) is 1.00. The Morgan fingerprint density at radius 3 is 1.64 bits per heavy atom. The molecule has 3 atom stereocenters. The molecule has 0 bridgehead atoms. The van der Waals surface area contributed by atoms with Gasteiger partial charge in [0.15, 0.2) is 18.5 Å². The molecular formula is C7H9F7. The van der Waals surface area contributed by atoms with Crippen LogP contribution in [-0.2, 0) is 0 Å². The summed E-state index contributed by atoms with van der Waals surface area (Å²) in [4.78, 5) is 0. The number of hydrogen-bond acceptors (Lipinski definition) is 0. The van der Waals surface area contributed by atoms with Crippen molar-refractivity contribution in [3.63, 3.8) is 0 Å². The lowest BCUT2D eigenvalue weighted by molar-refractivity contribution is -0.128. The number of alkyl halides is 7. The van der Waals surface area contributed by atoms with E-state index in [0.717, 1.165) is 6.92 Å². The van der Waals surface area contributed by atoms with E-state index in [2.05, 4.69) is 0 Å². The first-order valence-corrected chi connectivity index (χ1v) is 3.82. The van der Waals surface area contributed by atoms with Gasteiger partial charge < -0.3 is 0 Å². The van der Waals surface area contributed by atoms with Gasteiger partial charge in [0.2, 0.25) is 0 Å². The molecular weight excluding hydrogens is 217 g/mol. The van der Waals surface area contributed by atoms with E-state index in [9.17, 15) is 30.7 Å². The van der Waals surface area contributed by atoms with Gasteiger partial charge in [-0.25, -0.2) is 30.7 Å². The number of rotatable bonds is 5. The average Bonchev–Trinajstić information content (AvgIpc) is 2.14. The summed E-state index contributed by atoms with van der Waals surface area (Å²) in [6, 6.07) is 0. The maximum atomic E-state index is 12.5. The van der Waals surface area contributed by atoms with Crippen LogP contribution in [0.4, 0.5) is 30.7 Å². The first kappa shape index (κ1) is 13.5. The third-order valence-corrected chi connectivity index (χ3v) is 1.70. The highest BCUT2D eigenvalue weighted by atomic mass is 19.3. The van der Waals surface area contributed by atoms with Crippen molar-refractivity contribution in [2.75, 3.05) is 0 Å². The standard InChI is InChI=1S/C7H9F7/c1-2-7(13,14)5(10)3(8)4(9)6(11)12/h3-6H,2H2,1H3/t3?,4?,5-/m0/s1. The van der Waals surface area contributed by atoms with Gasteiger partial charge in [-0.3, -0.25) is 0 Å². The third kappa shape index (κ3) is 3.02. The average molecular weight is 226 g/mol. The highest BCUT2D eigenvalue weighted by Gasteiger charge is 2.49. The second-order valence-corrected chi connectivity index (χ2v) is 2.74. The lowest BCUT2D eigenvalue weighted by Gasteiger charge is -2.23. The van der Waals surface area contributed by atoms with Crippen LogP contribution >= 0.6 is 0 Å². The molecule has 0 radical (unpaired) electrons. The maximum Gasteiger partial charge on any atom is 0.281 e. The Hall–Kier alpha value is -0.490. The molecule has 0 aromatic carbocycles. The van der Waals surface area contributed by atoms with Crippen molar-refractivity contribution < 1.29 is 30.7 Å². The zero-order chi connectivity index (χ0) is 11.5. The van der Waals surface area contributed by atoms with Crippen molar-refractivity contribution in [1.29, 1.82) is 0 Å². The predicted molar refractivity (Wildman–Crippen MR) is 35.9 cm³/mol. The summed E-state index contributed by atoms with van der Waals surface area (Å²) in [5, 5.41) is 0. The molecule has 2 unspecified atom stereocenters. The van der Waals surface area contributed by atoms with Gasteiger partial charge in [0.05, 0.1) is 0 Å². The molecule has 7 heteroatoms. The zero-order valence-electron chi connectivity index (χ0n) is 7.16. The van der Waals surface area contributed by atoms with Crippen LogP contribution in [0.1, 0.15) is 13.3 Å². The van der Waals surface area contributed by atoms with Crippen molar-refractivity contribution in [3.8, 4) is 0 Å². The molecule has 0 nitrogen and oxygen atoms in total. The summed E-state index contributed by atoms with van der Waals surface area (Å²) < 4.78 is 84.8. The highest BCUT2D eigenvalue weighted by molar-refractivity contribution is 4.87. The van der Waals surface area contributed by atoms with E-state index in [0.29, 0.717) is 0 Å². The Bertz CT molecular complexity index is 169. The molecule has 86 valence electrons. The molecule has 0 rings (SSSR count). The third-order valence-electron chi connectivity index (χ3n) is 1.70. The Labute approximate surface area is 76.1 Å². The molecule has 0 amide bonds. The Morgan fingerprint density at radius 2 is 1.36 bits per heavy atom. The first-order valence-electron chi connectivity index (χ1n) is 3.82. The monoisotopic (exact) mass is 226 g/mol. The van der Waals surface area contributed by atoms with E-state index in [4.69, 9.17) is 0 Å². The van der Waals surface area contributed by atoms with E-state index in [1.807, 2.05) is 0 Å². The van der Waals surface area contributed by atoms with Crippen LogP contribution < -0.4 is 0 Å². The summed E-state index contributed by atoms with van der Waals surface area (Å²) in [6.07, 6.45) is -15.5. The van der Waals surface area contributed by atoms with Crippen LogP contribution in [0.2, 0.25) is 0 Å². The van der Waals surface area contributed by atoms with E-state index in [1.165, 1.54) is 0 Å². The molecule has 0 aliphatic heterocycles. The van der Waals surface area contributed by atoms with Crippen LogP contribution in [0, 0.1) is 0 Å². The fourth-order valence-electron chi connectivity index (χ4n) is 0.728. The second-order valence-electron chi connectivity index (χ2n) is 2.74. The van der Waals surface area contributed by atoms with Crippen molar-refractivity contribution >= 4 is 0 Å². The Kier molecular flexibility index (Phi) is 4.67. The van der Waals surface area contributed by atoms with Crippen LogP contribution in [0.5, 0.6) is 0 Å². The van der Waals surface area contributed by atoms with Crippen LogP contribution in [0.25, 0.3) is 0 Å². The SMILES string of the molecule is CCC(F)(F)[C@@H](F)C(F)C(F)C(F)F. The van der Waals surface area contributed by atoms with E-state index >= 15 is 0 Å². The topological polar surface area (TPSA) is 0 Å². The first-order chi connectivity index (χ1) is 6.24. The number of halogens is 7. The lowest BCUT2D eigenvalue weighted by Crippen LogP contribution is -2.43. The summed E-state index contributed by atoms with van der Waals surface area (Å²) in [5.74, 6) is -4.13. The Balaban J connectivity index is 4.45. The van der Waals surface area contributed by atoms with Crippen molar-refractivity contribution in [3.05, 3.63) is 0 Å². The van der Waals surface area contributed by atoms with Gasteiger partial charge in [0, 0.05) is 6.42 Å². The Morgan fingerprint density at radius 1 is 0.929 bits per heavy atom. The summed E-state index contributed by atoms with van der Waals surface area (Å²) in [7, 11) is 0. The minimum atomic E-state index is -4.13. The lowest BCUT2D eigenvalue weighted by atomic mass is 10.0. The summed E-state index contributed by atoms with van der Waals surface area (Å²) in [5.41, 5.74) is 0. The molecule has 0 fully saturated rings. The van der Waals surface area contributed by atoms with Gasteiger partial charge in [-0.2, -0.15) is 0 Å². The minimum Gasteiger partial charge on any atom is -0.241 e. The predicted octanol–water partition coefficient (Wildman–Crippen LogP) is 3.31. The molecule has 0 spiro atoms. The van der Waals surface area contributed by atoms with E-state index in [1.54, 1.807) is 0 Å². The molecule has 14 heavy (non-hydrogen) atoms. The van der Waals surface area contributed by atoms with Gasteiger partial charge in [-0.15, -0.1) is 0 Å². The smallest absolute Gasteiger partial charge is 0.241 e. The molecule has 0 aromatic heterocycles. The van der Waals surface area contributed by atoms with Gasteiger partial charge in [-0.05, 0) is 0 Å². The zero-order valence-corrected chi connectivity index (χ0v) is 7.16. The second kappa shape index (κ2) is 4.84. The van der Waals surface area contributed by atoms with Crippen LogP contribution in [0.3, 0.4) is 0 Å². The molecule has 0 saturated heterocycles. The van der Waals surface area contributed by atoms with E-state index < -0.39 is 37.3 Å². The molecule has 0 aliphatic rings. The molecule has 0 aromatic rings. The maximum absolute atomic E-state index is 12.5.